The number of benzene rings is 2. The molecule has 1 heterocycles. The molecule has 0 spiro atoms. The van der Waals surface area contributed by atoms with Crippen LogP contribution < -0.4 is 10.1 Å². The van der Waals surface area contributed by atoms with Crippen molar-refractivity contribution in [2.24, 2.45) is 0 Å². The first-order valence-corrected chi connectivity index (χ1v) is 8.27. The molecule has 3 nitrogen and oxygen atoms in total. The first-order chi connectivity index (χ1) is 11.3. The van der Waals surface area contributed by atoms with Gasteiger partial charge in [0, 0.05) is 4.88 Å². The lowest BCUT2D eigenvalue weighted by Gasteiger charge is -2.11. The van der Waals surface area contributed by atoms with Gasteiger partial charge in [0.1, 0.15) is 12.4 Å². The maximum atomic E-state index is 12.4. The second-order valence-electron chi connectivity index (χ2n) is 5.03. The molecule has 0 bridgehead atoms. The highest BCUT2D eigenvalue weighted by Gasteiger charge is 2.12. The van der Waals surface area contributed by atoms with Crippen LogP contribution in [0.2, 0.25) is 0 Å². The summed E-state index contributed by atoms with van der Waals surface area (Å²) in [4.78, 5) is 13.5. The molecule has 0 atom stereocenters. The molecule has 0 aliphatic carbocycles. The van der Waals surface area contributed by atoms with Gasteiger partial charge < -0.3 is 10.1 Å². The van der Waals surface area contributed by atoms with Crippen LogP contribution in [-0.4, -0.2) is 5.91 Å². The maximum Gasteiger partial charge on any atom is 0.255 e. The van der Waals surface area contributed by atoms with Crippen LogP contribution in [0.25, 0.3) is 0 Å². The zero-order valence-corrected chi connectivity index (χ0v) is 13.4. The number of carbonyl (C=O) groups is 1. The third kappa shape index (κ3) is 4.20. The van der Waals surface area contributed by atoms with Crippen molar-refractivity contribution in [1.82, 2.24) is 5.32 Å². The van der Waals surface area contributed by atoms with Crippen LogP contribution in [0.3, 0.4) is 0 Å². The molecule has 0 aliphatic rings. The van der Waals surface area contributed by atoms with Crippen molar-refractivity contribution in [2.45, 2.75) is 13.2 Å². The standard InChI is InChI=1S/C19H17NO2S/c21-19(20-13-16-9-6-12-23-16)17-10-4-5-11-18(17)22-14-15-7-2-1-3-8-15/h1-12H,13-14H2,(H,20,21). The number of rotatable bonds is 6. The molecule has 3 aromatic rings. The second-order valence-corrected chi connectivity index (χ2v) is 6.06. The largest absolute Gasteiger partial charge is 0.488 e. The van der Waals surface area contributed by atoms with E-state index in [1.165, 1.54) is 0 Å². The van der Waals surface area contributed by atoms with Gasteiger partial charge in [-0.15, -0.1) is 11.3 Å². The molecule has 1 amide bonds. The van der Waals surface area contributed by atoms with Crippen molar-refractivity contribution in [1.29, 1.82) is 0 Å². The lowest BCUT2D eigenvalue weighted by atomic mass is 10.2. The number of para-hydroxylation sites is 1. The highest BCUT2D eigenvalue weighted by atomic mass is 32.1. The molecule has 0 saturated heterocycles. The fourth-order valence-electron chi connectivity index (χ4n) is 2.19. The fourth-order valence-corrected chi connectivity index (χ4v) is 2.84. The van der Waals surface area contributed by atoms with E-state index in [9.17, 15) is 4.79 Å². The van der Waals surface area contributed by atoms with Crippen LogP contribution >= 0.6 is 11.3 Å². The Labute approximate surface area is 139 Å². The summed E-state index contributed by atoms with van der Waals surface area (Å²) in [5.41, 5.74) is 1.63. The minimum absolute atomic E-state index is 0.123. The number of nitrogens with one attached hydrogen (secondary N) is 1. The Hall–Kier alpha value is -2.59. The smallest absolute Gasteiger partial charge is 0.255 e. The van der Waals surface area contributed by atoms with Crippen LogP contribution in [-0.2, 0) is 13.2 Å². The van der Waals surface area contributed by atoms with Crippen LogP contribution in [0, 0.1) is 0 Å². The highest BCUT2D eigenvalue weighted by Crippen LogP contribution is 2.19. The Morgan fingerprint density at radius 2 is 1.74 bits per heavy atom. The van der Waals surface area contributed by atoms with E-state index in [1.54, 1.807) is 17.4 Å². The molecule has 0 radical (unpaired) electrons. The summed E-state index contributed by atoms with van der Waals surface area (Å²) in [6.07, 6.45) is 0. The summed E-state index contributed by atoms with van der Waals surface area (Å²) in [6, 6.07) is 21.2. The lowest BCUT2D eigenvalue weighted by Crippen LogP contribution is -2.23. The molecule has 0 saturated carbocycles. The van der Waals surface area contributed by atoms with E-state index in [0.29, 0.717) is 24.5 Å². The molecule has 1 aromatic heterocycles. The van der Waals surface area contributed by atoms with E-state index in [4.69, 9.17) is 4.74 Å². The van der Waals surface area contributed by atoms with Crippen LogP contribution in [0.4, 0.5) is 0 Å². The van der Waals surface area contributed by atoms with Gasteiger partial charge in [0.15, 0.2) is 0 Å². The highest BCUT2D eigenvalue weighted by molar-refractivity contribution is 7.09. The average Bonchev–Trinajstić information content (AvgIpc) is 3.12. The molecule has 4 heteroatoms. The van der Waals surface area contributed by atoms with E-state index in [2.05, 4.69) is 5.32 Å². The van der Waals surface area contributed by atoms with Gasteiger partial charge in [-0.3, -0.25) is 4.79 Å². The third-order valence-corrected chi connectivity index (χ3v) is 4.25. The van der Waals surface area contributed by atoms with E-state index in [-0.39, 0.29) is 5.91 Å². The Bertz CT molecular complexity index is 754. The lowest BCUT2D eigenvalue weighted by molar-refractivity contribution is 0.0947. The van der Waals surface area contributed by atoms with Crippen molar-refractivity contribution in [3.05, 3.63) is 88.1 Å². The number of thiophene rings is 1. The van der Waals surface area contributed by atoms with Gasteiger partial charge in [-0.1, -0.05) is 48.5 Å². The normalized spacial score (nSPS) is 10.3. The Kier molecular flexibility index (Phi) is 5.06. The number of hydrogen-bond acceptors (Lipinski definition) is 3. The number of carbonyl (C=O) groups excluding carboxylic acids is 1. The molecular formula is C19H17NO2S. The molecule has 3 rings (SSSR count). The zero-order valence-electron chi connectivity index (χ0n) is 12.6. The van der Waals surface area contributed by atoms with Gasteiger partial charge in [0.2, 0.25) is 0 Å². The van der Waals surface area contributed by atoms with Gasteiger partial charge >= 0.3 is 0 Å². The molecular weight excluding hydrogens is 306 g/mol. The van der Waals surface area contributed by atoms with Crippen molar-refractivity contribution in [3.8, 4) is 5.75 Å². The summed E-state index contributed by atoms with van der Waals surface area (Å²) < 4.78 is 5.82. The topological polar surface area (TPSA) is 38.3 Å². The first kappa shape index (κ1) is 15.3. The number of amides is 1. The van der Waals surface area contributed by atoms with Gasteiger partial charge in [0.05, 0.1) is 12.1 Å². The molecule has 0 aliphatic heterocycles. The van der Waals surface area contributed by atoms with Crippen molar-refractivity contribution in [3.63, 3.8) is 0 Å². The van der Waals surface area contributed by atoms with E-state index in [0.717, 1.165) is 10.4 Å². The van der Waals surface area contributed by atoms with E-state index < -0.39 is 0 Å². The summed E-state index contributed by atoms with van der Waals surface area (Å²) >= 11 is 1.63. The predicted octanol–water partition coefficient (Wildman–Crippen LogP) is 4.26. The SMILES string of the molecule is O=C(NCc1cccs1)c1ccccc1OCc1ccccc1. The van der Waals surface area contributed by atoms with Gasteiger partial charge in [-0.05, 0) is 29.1 Å². The molecule has 0 fully saturated rings. The molecule has 2 aromatic carbocycles. The third-order valence-electron chi connectivity index (χ3n) is 3.37. The number of ether oxygens (including phenoxy) is 1. The molecule has 116 valence electrons. The summed E-state index contributed by atoms with van der Waals surface area (Å²) in [7, 11) is 0. The van der Waals surface area contributed by atoms with Crippen LogP contribution in [0.5, 0.6) is 5.75 Å². The van der Waals surface area contributed by atoms with Crippen LogP contribution in [0.1, 0.15) is 20.8 Å². The zero-order chi connectivity index (χ0) is 15.9. The quantitative estimate of drug-likeness (QED) is 0.736. The van der Waals surface area contributed by atoms with Gasteiger partial charge in [-0.2, -0.15) is 0 Å². The monoisotopic (exact) mass is 323 g/mol. The predicted molar refractivity (Wildman–Crippen MR) is 92.7 cm³/mol. The van der Waals surface area contributed by atoms with E-state index in [1.807, 2.05) is 66.0 Å². The van der Waals surface area contributed by atoms with Crippen molar-refractivity contribution < 1.29 is 9.53 Å². The Morgan fingerprint density at radius 1 is 0.957 bits per heavy atom. The number of hydrogen-bond donors (Lipinski definition) is 1. The Morgan fingerprint density at radius 3 is 2.52 bits per heavy atom. The molecule has 23 heavy (non-hydrogen) atoms. The summed E-state index contributed by atoms with van der Waals surface area (Å²) in [6.45, 7) is 0.972. The summed E-state index contributed by atoms with van der Waals surface area (Å²) in [5, 5.41) is 4.93. The summed E-state index contributed by atoms with van der Waals surface area (Å²) in [5.74, 6) is 0.474. The van der Waals surface area contributed by atoms with Gasteiger partial charge in [-0.25, -0.2) is 0 Å². The van der Waals surface area contributed by atoms with Crippen molar-refractivity contribution >= 4 is 17.2 Å². The second kappa shape index (κ2) is 7.61. The van der Waals surface area contributed by atoms with Gasteiger partial charge in [0.25, 0.3) is 5.91 Å². The van der Waals surface area contributed by atoms with E-state index >= 15 is 0 Å². The minimum Gasteiger partial charge on any atom is -0.488 e. The Balaban J connectivity index is 1.66. The first-order valence-electron chi connectivity index (χ1n) is 7.39. The fraction of sp³-hybridized carbons (Fsp3) is 0.105. The minimum atomic E-state index is -0.123. The van der Waals surface area contributed by atoms with Crippen LogP contribution in [0.15, 0.2) is 72.1 Å². The molecule has 0 unspecified atom stereocenters. The molecule has 1 N–H and O–H groups in total. The average molecular weight is 323 g/mol. The van der Waals surface area contributed by atoms with Crippen molar-refractivity contribution in [2.75, 3.05) is 0 Å². The maximum absolute atomic E-state index is 12.4.